The average molecular weight is 211 g/mol. The molecule has 0 aromatic heterocycles. The zero-order chi connectivity index (χ0) is 9.14. The lowest BCUT2D eigenvalue weighted by atomic mass is 10.2. The first-order valence-electron chi connectivity index (χ1n) is 4.51. The van der Waals surface area contributed by atoms with E-state index in [4.69, 9.17) is 23.4 Å². The van der Waals surface area contributed by atoms with Gasteiger partial charge in [-0.1, -0.05) is 13.8 Å². The molecule has 4 heteroatoms. The summed E-state index contributed by atoms with van der Waals surface area (Å²) in [7, 11) is 0. The molecular formula is C8H16Cl2N2. The van der Waals surface area contributed by atoms with Gasteiger partial charge in [0.05, 0.1) is 0 Å². The van der Waals surface area contributed by atoms with Crippen molar-refractivity contribution in [3.8, 4) is 0 Å². The maximum Gasteiger partial charge on any atom is 0.114 e. The lowest BCUT2D eigenvalue weighted by Crippen LogP contribution is -2.40. The molecule has 0 aliphatic carbocycles. The molecule has 2 atom stereocenters. The molecule has 1 saturated heterocycles. The lowest BCUT2D eigenvalue weighted by molar-refractivity contribution is 0.213. The first-order valence-corrected chi connectivity index (χ1v) is 5.28. The fourth-order valence-corrected chi connectivity index (χ4v) is 2.36. The number of likely N-dealkylation sites (N-methyl/N-ethyl adjacent to an activating group) is 1. The van der Waals surface area contributed by atoms with Gasteiger partial charge in [-0.15, -0.1) is 11.6 Å². The van der Waals surface area contributed by atoms with Gasteiger partial charge in [0.15, 0.2) is 0 Å². The van der Waals surface area contributed by atoms with Crippen LogP contribution >= 0.6 is 23.4 Å². The second-order valence-electron chi connectivity index (χ2n) is 3.07. The number of alkyl halides is 1. The number of halogens is 2. The van der Waals surface area contributed by atoms with E-state index in [9.17, 15) is 0 Å². The Morgan fingerprint density at radius 2 is 2.00 bits per heavy atom. The Kier molecular flexibility index (Phi) is 4.11. The van der Waals surface area contributed by atoms with E-state index in [1.54, 1.807) is 4.42 Å². The molecule has 1 rings (SSSR count). The van der Waals surface area contributed by atoms with E-state index in [1.165, 1.54) is 0 Å². The van der Waals surface area contributed by atoms with E-state index >= 15 is 0 Å². The normalized spacial score (nSPS) is 31.8. The SMILES string of the molecule is CCN(CC)[C@H]1CCN(Cl)C1Cl. The van der Waals surface area contributed by atoms with Crippen molar-refractivity contribution in [1.82, 2.24) is 9.32 Å². The summed E-state index contributed by atoms with van der Waals surface area (Å²) >= 11 is 12.0. The maximum absolute atomic E-state index is 6.13. The van der Waals surface area contributed by atoms with Crippen LogP contribution in [0.15, 0.2) is 0 Å². The topological polar surface area (TPSA) is 6.48 Å². The van der Waals surface area contributed by atoms with Crippen LogP contribution in [0.5, 0.6) is 0 Å². The smallest absolute Gasteiger partial charge is 0.114 e. The number of rotatable bonds is 3. The van der Waals surface area contributed by atoms with Crippen molar-refractivity contribution >= 4 is 23.4 Å². The monoisotopic (exact) mass is 210 g/mol. The zero-order valence-corrected chi connectivity index (χ0v) is 9.15. The van der Waals surface area contributed by atoms with Gasteiger partial charge in [-0.05, 0) is 31.3 Å². The van der Waals surface area contributed by atoms with E-state index in [0.29, 0.717) is 6.04 Å². The van der Waals surface area contributed by atoms with Crippen LogP contribution < -0.4 is 0 Å². The van der Waals surface area contributed by atoms with Crippen molar-refractivity contribution in [2.75, 3.05) is 19.6 Å². The highest BCUT2D eigenvalue weighted by Gasteiger charge is 2.34. The Bertz CT molecular complexity index is 139. The average Bonchev–Trinajstić information content (AvgIpc) is 2.38. The molecule has 2 nitrogen and oxygen atoms in total. The fraction of sp³-hybridized carbons (Fsp3) is 1.00. The summed E-state index contributed by atoms with van der Waals surface area (Å²) in [6, 6.07) is 0.430. The van der Waals surface area contributed by atoms with Crippen LogP contribution in [0.3, 0.4) is 0 Å². The standard InChI is InChI=1S/C8H16Cl2N2/c1-3-11(4-2)7-5-6-12(10)8(7)9/h7-8H,3-6H2,1-2H3/t7-,8?/m0/s1. The summed E-state index contributed by atoms with van der Waals surface area (Å²) in [6.45, 7) is 7.31. The van der Waals surface area contributed by atoms with E-state index < -0.39 is 0 Å². The molecule has 1 aliphatic heterocycles. The van der Waals surface area contributed by atoms with Gasteiger partial charge >= 0.3 is 0 Å². The zero-order valence-electron chi connectivity index (χ0n) is 7.63. The molecule has 1 aliphatic rings. The van der Waals surface area contributed by atoms with Crippen molar-refractivity contribution < 1.29 is 0 Å². The fourth-order valence-electron chi connectivity index (χ4n) is 1.75. The summed E-state index contributed by atoms with van der Waals surface area (Å²) in [5, 5.41) is 0. The summed E-state index contributed by atoms with van der Waals surface area (Å²) in [5.74, 6) is 0. The van der Waals surface area contributed by atoms with Crippen LogP contribution in [-0.4, -0.2) is 40.5 Å². The predicted molar refractivity (Wildman–Crippen MR) is 53.5 cm³/mol. The molecule has 1 unspecified atom stereocenters. The van der Waals surface area contributed by atoms with Gasteiger partial charge in [0, 0.05) is 12.6 Å². The van der Waals surface area contributed by atoms with Gasteiger partial charge in [-0.2, -0.15) is 0 Å². The lowest BCUT2D eigenvalue weighted by Gasteiger charge is -2.28. The van der Waals surface area contributed by atoms with Crippen LogP contribution in [0.25, 0.3) is 0 Å². The third-order valence-electron chi connectivity index (χ3n) is 2.51. The molecule has 0 saturated carbocycles. The molecule has 0 aromatic rings. The molecule has 0 aromatic carbocycles. The van der Waals surface area contributed by atoms with Crippen LogP contribution in [0.2, 0.25) is 0 Å². The Balaban J connectivity index is 2.51. The Hall–Kier alpha value is 0.500. The second-order valence-corrected chi connectivity index (χ2v) is 3.95. The number of nitrogens with zero attached hydrogens (tertiary/aromatic N) is 2. The highest BCUT2D eigenvalue weighted by molar-refractivity contribution is 6.25. The first kappa shape index (κ1) is 10.6. The summed E-state index contributed by atoms with van der Waals surface area (Å²) in [6.07, 6.45) is 1.08. The van der Waals surface area contributed by atoms with E-state index in [-0.39, 0.29) is 5.50 Å². The number of hydrogen-bond acceptors (Lipinski definition) is 2. The minimum atomic E-state index is -0.0217. The predicted octanol–water partition coefficient (Wildman–Crippen LogP) is 2.12. The summed E-state index contributed by atoms with van der Waals surface area (Å²) < 4.78 is 1.70. The summed E-state index contributed by atoms with van der Waals surface area (Å²) in [5.41, 5.74) is -0.0217. The van der Waals surface area contributed by atoms with Crippen LogP contribution in [0.4, 0.5) is 0 Å². The van der Waals surface area contributed by atoms with Crippen molar-refractivity contribution in [2.24, 2.45) is 0 Å². The summed E-state index contributed by atoms with van der Waals surface area (Å²) in [4.78, 5) is 2.36. The maximum atomic E-state index is 6.13. The van der Waals surface area contributed by atoms with Crippen molar-refractivity contribution in [3.05, 3.63) is 0 Å². The van der Waals surface area contributed by atoms with Crippen LogP contribution in [0, 0.1) is 0 Å². The number of hydrogen-bond donors (Lipinski definition) is 0. The van der Waals surface area contributed by atoms with Gasteiger partial charge in [-0.3, -0.25) is 4.90 Å². The Morgan fingerprint density at radius 1 is 1.42 bits per heavy atom. The second kappa shape index (κ2) is 4.66. The molecule has 1 fully saturated rings. The molecule has 0 N–H and O–H groups in total. The van der Waals surface area contributed by atoms with Gasteiger partial charge in [-0.25, -0.2) is 4.42 Å². The molecule has 1 heterocycles. The first-order chi connectivity index (χ1) is 5.70. The van der Waals surface area contributed by atoms with E-state index in [0.717, 1.165) is 26.1 Å². The molecule has 0 bridgehead atoms. The third-order valence-corrected chi connectivity index (χ3v) is 3.51. The van der Waals surface area contributed by atoms with Crippen molar-refractivity contribution in [3.63, 3.8) is 0 Å². The minimum Gasteiger partial charge on any atom is -0.298 e. The molecule has 12 heavy (non-hydrogen) atoms. The third kappa shape index (κ3) is 2.05. The van der Waals surface area contributed by atoms with Gasteiger partial charge < -0.3 is 0 Å². The highest BCUT2D eigenvalue weighted by atomic mass is 35.5. The van der Waals surface area contributed by atoms with Gasteiger partial charge in [0.1, 0.15) is 5.50 Å². The van der Waals surface area contributed by atoms with Crippen LogP contribution in [0.1, 0.15) is 20.3 Å². The quantitative estimate of drug-likeness (QED) is 0.401. The van der Waals surface area contributed by atoms with E-state index in [1.807, 2.05) is 0 Å². The van der Waals surface area contributed by atoms with Gasteiger partial charge in [0.2, 0.25) is 0 Å². The van der Waals surface area contributed by atoms with Crippen LogP contribution in [-0.2, 0) is 0 Å². The van der Waals surface area contributed by atoms with Crippen molar-refractivity contribution in [1.29, 1.82) is 0 Å². The molecule has 0 amide bonds. The Labute approximate surface area is 84.5 Å². The Morgan fingerprint density at radius 3 is 2.33 bits per heavy atom. The van der Waals surface area contributed by atoms with E-state index in [2.05, 4.69) is 18.7 Å². The molecular weight excluding hydrogens is 195 g/mol. The largest absolute Gasteiger partial charge is 0.298 e. The molecule has 0 radical (unpaired) electrons. The van der Waals surface area contributed by atoms with Crippen molar-refractivity contribution in [2.45, 2.75) is 31.8 Å². The molecule has 72 valence electrons. The minimum absolute atomic E-state index is 0.0217. The van der Waals surface area contributed by atoms with Gasteiger partial charge in [0.25, 0.3) is 0 Å². The molecule has 0 spiro atoms. The highest BCUT2D eigenvalue weighted by Crippen LogP contribution is 2.26.